The minimum absolute atomic E-state index is 0.237. The Bertz CT molecular complexity index is 365. The van der Waals surface area contributed by atoms with E-state index in [4.69, 9.17) is 0 Å². The van der Waals surface area contributed by atoms with Crippen molar-refractivity contribution in [1.29, 1.82) is 0 Å². The maximum Gasteiger partial charge on any atom is 0.211 e. The summed E-state index contributed by atoms with van der Waals surface area (Å²) in [5.74, 6) is -0.748. The molecule has 0 saturated heterocycles. The summed E-state index contributed by atoms with van der Waals surface area (Å²) < 4.78 is 26.7. The molecule has 0 amide bonds. The number of aromatic nitrogens is 2. The van der Waals surface area contributed by atoms with Crippen molar-refractivity contribution >= 4 is 0 Å². The molecule has 1 aromatic rings. The Morgan fingerprint density at radius 3 is 2.56 bits per heavy atom. The molecule has 0 aromatic carbocycles. The minimum atomic E-state index is -0.409. The number of allylic oxidation sites excluding steroid dienone is 4. The van der Waals surface area contributed by atoms with Gasteiger partial charge in [0.1, 0.15) is 5.83 Å². The molecule has 0 aliphatic carbocycles. The molecule has 0 bridgehead atoms. The van der Waals surface area contributed by atoms with E-state index in [9.17, 15) is 8.78 Å². The molecule has 0 radical (unpaired) electrons. The fourth-order valence-corrected chi connectivity index (χ4v) is 1.00. The van der Waals surface area contributed by atoms with Gasteiger partial charge in [-0.3, -0.25) is 0 Å². The summed E-state index contributed by atoms with van der Waals surface area (Å²) in [6.45, 7) is 7.54. The molecule has 0 saturated carbocycles. The SMILES string of the molecule is C/C=C(F)\C=C/Cn1nc(C)cc1F.CC. The number of rotatable bonds is 3. The zero-order chi connectivity index (χ0) is 12.6. The Hall–Kier alpha value is -1.45. The molecule has 1 rings (SSSR count). The normalized spacial score (nSPS) is 11.5. The Kier molecular flexibility index (Phi) is 7.09. The van der Waals surface area contributed by atoms with Crippen molar-refractivity contribution in [2.24, 2.45) is 0 Å². The standard InChI is InChI=1S/C10H12F2N2.C2H6/c1-3-9(11)5-4-6-14-10(12)7-8(2)13-14;1-2/h3-5,7H,6H2,1-2H3;1-2H3/b5-4-,9-3+;. The van der Waals surface area contributed by atoms with Gasteiger partial charge in [0.2, 0.25) is 5.95 Å². The second-order valence-corrected chi connectivity index (χ2v) is 2.87. The first kappa shape index (κ1) is 14.6. The van der Waals surface area contributed by atoms with Crippen molar-refractivity contribution in [2.45, 2.75) is 34.2 Å². The highest BCUT2D eigenvalue weighted by Crippen LogP contribution is 2.02. The van der Waals surface area contributed by atoms with E-state index in [0.29, 0.717) is 5.69 Å². The molecule has 0 N–H and O–H groups in total. The third-order valence-electron chi connectivity index (χ3n) is 1.68. The number of hydrogen-bond donors (Lipinski definition) is 0. The molecule has 0 aliphatic heterocycles. The van der Waals surface area contributed by atoms with Crippen LogP contribution in [0.4, 0.5) is 8.78 Å². The van der Waals surface area contributed by atoms with E-state index in [0.717, 1.165) is 0 Å². The van der Waals surface area contributed by atoms with Gasteiger partial charge in [0.05, 0.1) is 12.2 Å². The summed E-state index contributed by atoms with van der Waals surface area (Å²) in [5, 5.41) is 3.88. The van der Waals surface area contributed by atoms with Gasteiger partial charge in [-0.15, -0.1) is 0 Å². The second kappa shape index (κ2) is 7.79. The van der Waals surface area contributed by atoms with E-state index in [-0.39, 0.29) is 12.4 Å². The molecule has 0 aliphatic rings. The molecule has 1 aromatic heterocycles. The van der Waals surface area contributed by atoms with Crippen molar-refractivity contribution in [3.8, 4) is 0 Å². The number of aryl methyl sites for hydroxylation is 1. The summed E-state index contributed by atoms with van der Waals surface area (Å²) in [6, 6.07) is 1.33. The maximum absolute atomic E-state index is 13.0. The average Bonchev–Trinajstić information content (AvgIpc) is 2.60. The molecule has 2 nitrogen and oxygen atoms in total. The van der Waals surface area contributed by atoms with Crippen LogP contribution in [0.2, 0.25) is 0 Å². The van der Waals surface area contributed by atoms with Gasteiger partial charge in [0.15, 0.2) is 0 Å². The Balaban J connectivity index is 0.00000106. The molecule has 1 heterocycles. The maximum atomic E-state index is 13.0. The number of nitrogens with zero attached hydrogens (tertiary/aromatic N) is 2. The smallest absolute Gasteiger partial charge is 0.211 e. The molecule has 0 atom stereocenters. The third-order valence-corrected chi connectivity index (χ3v) is 1.68. The van der Waals surface area contributed by atoms with E-state index in [1.165, 1.54) is 29.0 Å². The van der Waals surface area contributed by atoms with Crippen LogP contribution >= 0.6 is 0 Å². The first-order valence-corrected chi connectivity index (χ1v) is 5.32. The largest absolute Gasteiger partial charge is 0.235 e. The van der Waals surface area contributed by atoms with Crippen molar-refractivity contribution in [3.63, 3.8) is 0 Å². The van der Waals surface area contributed by atoms with Gasteiger partial charge in [0.25, 0.3) is 0 Å². The van der Waals surface area contributed by atoms with Crippen LogP contribution in [0.25, 0.3) is 0 Å². The van der Waals surface area contributed by atoms with E-state index in [1.54, 1.807) is 13.8 Å². The van der Waals surface area contributed by atoms with Gasteiger partial charge in [-0.1, -0.05) is 26.0 Å². The fourth-order valence-electron chi connectivity index (χ4n) is 1.00. The van der Waals surface area contributed by atoms with Gasteiger partial charge in [-0.05, 0) is 19.9 Å². The molecule has 4 heteroatoms. The van der Waals surface area contributed by atoms with Crippen LogP contribution in [0.5, 0.6) is 0 Å². The van der Waals surface area contributed by atoms with Crippen molar-refractivity contribution < 1.29 is 8.78 Å². The highest BCUT2D eigenvalue weighted by atomic mass is 19.1. The Morgan fingerprint density at radius 1 is 1.50 bits per heavy atom. The van der Waals surface area contributed by atoms with Gasteiger partial charge in [0, 0.05) is 6.07 Å². The summed E-state index contributed by atoms with van der Waals surface area (Å²) >= 11 is 0. The van der Waals surface area contributed by atoms with E-state index < -0.39 is 5.95 Å². The predicted molar refractivity (Wildman–Crippen MR) is 62.3 cm³/mol. The average molecular weight is 228 g/mol. The first-order chi connectivity index (χ1) is 7.63. The molecule has 16 heavy (non-hydrogen) atoms. The van der Waals surface area contributed by atoms with E-state index in [2.05, 4.69) is 5.10 Å². The minimum Gasteiger partial charge on any atom is -0.235 e. The van der Waals surface area contributed by atoms with Crippen LogP contribution < -0.4 is 0 Å². The lowest BCUT2D eigenvalue weighted by Gasteiger charge is -1.95. The molecular formula is C12H18F2N2. The summed E-state index contributed by atoms with van der Waals surface area (Å²) in [6.07, 6.45) is 4.14. The molecule has 0 fully saturated rings. The predicted octanol–water partition coefficient (Wildman–Crippen LogP) is 3.79. The highest BCUT2D eigenvalue weighted by Gasteiger charge is 2.01. The molecular weight excluding hydrogens is 210 g/mol. The van der Waals surface area contributed by atoms with Gasteiger partial charge >= 0.3 is 0 Å². The number of halogens is 2. The number of hydrogen-bond acceptors (Lipinski definition) is 1. The van der Waals surface area contributed by atoms with Gasteiger partial charge < -0.3 is 0 Å². The summed E-state index contributed by atoms with van der Waals surface area (Å²) in [5.41, 5.74) is 0.613. The monoisotopic (exact) mass is 228 g/mol. The highest BCUT2D eigenvalue weighted by molar-refractivity contribution is 5.09. The zero-order valence-electron chi connectivity index (χ0n) is 10.2. The van der Waals surface area contributed by atoms with Crippen molar-refractivity contribution in [2.75, 3.05) is 0 Å². The van der Waals surface area contributed by atoms with Crippen LogP contribution in [0.3, 0.4) is 0 Å². The van der Waals surface area contributed by atoms with Gasteiger partial charge in [-0.2, -0.15) is 9.49 Å². The van der Waals surface area contributed by atoms with Crippen LogP contribution in [0.1, 0.15) is 26.5 Å². The van der Waals surface area contributed by atoms with Crippen molar-refractivity contribution in [1.82, 2.24) is 9.78 Å². The van der Waals surface area contributed by atoms with Crippen LogP contribution in [-0.4, -0.2) is 9.78 Å². The topological polar surface area (TPSA) is 17.8 Å². The third kappa shape index (κ3) is 4.87. The summed E-state index contributed by atoms with van der Waals surface area (Å²) in [4.78, 5) is 0. The second-order valence-electron chi connectivity index (χ2n) is 2.87. The molecule has 0 spiro atoms. The lowest BCUT2D eigenvalue weighted by atomic mass is 10.4. The van der Waals surface area contributed by atoms with Crippen LogP contribution in [-0.2, 0) is 6.54 Å². The lowest BCUT2D eigenvalue weighted by Crippen LogP contribution is -2.00. The van der Waals surface area contributed by atoms with E-state index in [1.807, 2.05) is 13.8 Å². The molecule has 0 unspecified atom stereocenters. The lowest BCUT2D eigenvalue weighted by molar-refractivity contribution is 0.483. The Labute approximate surface area is 95.3 Å². The molecule has 90 valence electrons. The van der Waals surface area contributed by atoms with Gasteiger partial charge in [-0.25, -0.2) is 9.07 Å². The van der Waals surface area contributed by atoms with Crippen LogP contribution in [0, 0.1) is 12.9 Å². The zero-order valence-corrected chi connectivity index (χ0v) is 10.2. The van der Waals surface area contributed by atoms with E-state index >= 15 is 0 Å². The first-order valence-electron chi connectivity index (χ1n) is 5.32. The quantitative estimate of drug-likeness (QED) is 0.720. The Morgan fingerprint density at radius 2 is 2.12 bits per heavy atom. The fraction of sp³-hybridized carbons (Fsp3) is 0.417. The summed E-state index contributed by atoms with van der Waals surface area (Å²) in [7, 11) is 0. The van der Waals surface area contributed by atoms with Crippen molar-refractivity contribution in [3.05, 3.63) is 41.8 Å². The van der Waals surface area contributed by atoms with Crippen LogP contribution in [0.15, 0.2) is 30.1 Å².